The van der Waals surface area contributed by atoms with Crippen molar-refractivity contribution in [3.8, 4) is 22.8 Å². The molecule has 33 heavy (non-hydrogen) atoms. The number of benzene rings is 2. The maximum absolute atomic E-state index is 12.5. The van der Waals surface area contributed by atoms with Crippen LogP contribution in [0.1, 0.15) is 18.5 Å². The monoisotopic (exact) mass is 460 g/mol. The number of aromatic nitrogens is 5. The van der Waals surface area contributed by atoms with E-state index in [1.807, 2.05) is 59.3 Å². The number of methoxy groups -OCH3 is 1. The van der Waals surface area contributed by atoms with Gasteiger partial charge < -0.3 is 14.6 Å². The number of nitrogens with one attached hydrogen (secondary N) is 1. The number of ether oxygens (including phenoxy) is 1. The molecule has 0 unspecified atom stereocenters. The molecule has 168 valence electrons. The summed E-state index contributed by atoms with van der Waals surface area (Å²) < 4.78 is 9.34. The van der Waals surface area contributed by atoms with E-state index in [0.29, 0.717) is 5.16 Å². The van der Waals surface area contributed by atoms with E-state index in [-0.39, 0.29) is 11.7 Å². The molecule has 3 heterocycles. The van der Waals surface area contributed by atoms with E-state index in [4.69, 9.17) is 4.74 Å². The second-order valence-electron chi connectivity index (χ2n) is 7.78. The van der Waals surface area contributed by atoms with Crippen molar-refractivity contribution in [3.05, 3.63) is 66.7 Å². The van der Waals surface area contributed by atoms with Crippen molar-refractivity contribution >= 4 is 23.4 Å². The summed E-state index contributed by atoms with van der Waals surface area (Å²) in [6.07, 6.45) is 7.12. The molecule has 4 aromatic rings. The Labute approximate surface area is 196 Å². The second-order valence-corrected chi connectivity index (χ2v) is 8.72. The third-order valence-electron chi connectivity index (χ3n) is 5.63. The first-order valence-electron chi connectivity index (χ1n) is 10.8. The molecule has 0 aliphatic carbocycles. The molecule has 2 aromatic heterocycles. The number of hydrogen-bond donors (Lipinski definition) is 1. The highest BCUT2D eigenvalue weighted by molar-refractivity contribution is 7.99. The molecule has 1 amide bonds. The van der Waals surface area contributed by atoms with Gasteiger partial charge in [0.05, 0.1) is 12.9 Å². The minimum atomic E-state index is -0.102. The van der Waals surface area contributed by atoms with Gasteiger partial charge in [-0.1, -0.05) is 11.8 Å². The van der Waals surface area contributed by atoms with E-state index in [0.717, 1.165) is 41.5 Å². The number of carbonyl (C=O) groups excluding carboxylic acids is 1. The lowest BCUT2D eigenvalue weighted by molar-refractivity contribution is -0.113. The molecule has 8 nitrogen and oxygen atoms in total. The topological polar surface area (TPSA) is 86.9 Å². The summed E-state index contributed by atoms with van der Waals surface area (Å²) in [5.74, 6) is 1.90. The summed E-state index contributed by atoms with van der Waals surface area (Å²) in [6, 6.07) is 15.4. The SMILES string of the molecule is COc1ccc(-n2cnnc2SCC(=O)Nc2ccc(-c3ncc4n3CCCC4)cc2)cc1. The number of carbonyl (C=O) groups is 1. The summed E-state index contributed by atoms with van der Waals surface area (Å²) in [7, 11) is 1.63. The van der Waals surface area contributed by atoms with Gasteiger partial charge >= 0.3 is 0 Å². The van der Waals surface area contributed by atoms with Crippen LogP contribution in [0.15, 0.2) is 66.2 Å². The lowest BCUT2D eigenvalue weighted by atomic mass is 10.1. The highest BCUT2D eigenvalue weighted by Crippen LogP contribution is 2.26. The Morgan fingerprint density at radius 2 is 1.94 bits per heavy atom. The molecule has 5 rings (SSSR count). The molecule has 0 atom stereocenters. The number of hydrogen-bond acceptors (Lipinski definition) is 6. The van der Waals surface area contributed by atoms with Crippen LogP contribution in [0.2, 0.25) is 0 Å². The first kappa shape index (κ1) is 21.3. The number of anilines is 1. The summed E-state index contributed by atoms with van der Waals surface area (Å²) in [6.45, 7) is 1.02. The van der Waals surface area contributed by atoms with Crippen LogP contribution in [0.4, 0.5) is 5.69 Å². The Morgan fingerprint density at radius 1 is 1.12 bits per heavy atom. The molecule has 9 heteroatoms. The predicted octanol–water partition coefficient (Wildman–Crippen LogP) is 4.21. The number of imidazole rings is 1. The summed E-state index contributed by atoms with van der Waals surface area (Å²) in [4.78, 5) is 17.1. The normalized spacial score (nSPS) is 12.9. The average molecular weight is 461 g/mol. The van der Waals surface area contributed by atoms with Gasteiger partial charge in [0.1, 0.15) is 17.9 Å². The maximum atomic E-state index is 12.5. The Kier molecular flexibility index (Phi) is 6.12. The van der Waals surface area contributed by atoms with E-state index in [2.05, 4.69) is 25.1 Å². The Hall–Kier alpha value is -3.59. The number of fused-ring (bicyclic) bond motifs is 1. The molecular weight excluding hydrogens is 436 g/mol. The van der Waals surface area contributed by atoms with Gasteiger partial charge in [-0.25, -0.2) is 4.98 Å². The zero-order valence-corrected chi connectivity index (χ0v) is 19.1. The van der Waals surface area contributed by atoms with Crippen LogP contribution in [0.3, 0.4) is 0 Å². The van der Waals surface area contributed by atoms with Crippen molar-refractivity contribution in [1.29, 1.82) is 0 Å². The van der Waals surface area contributed by atoms with Crippen LogP contribution in [-0.4, -0.2) is 43.1 Å². The summed E-state index contributed by atoms with van der Waals surface area (Å²) in [5.41, 5.74) is 4.02. The smallest absolute Gasteiger partial charge is 0.234 e. The van der Waals surface area contributed by atoms with Gasteiger partial charge in [0, 0.05) is 35.4 Å². The molecule has 0 radical (unpaired) electrons. The molecule has 2 aromatic carbocycles. The predicted molar refractivity (Wildman–Crippen MR) is 128 cm³/mol. The van der Waals surface area contributed by atoms with Crippen LogP contribution in [-0.2, 0) is 17.8 Å². The maximum Gasteiger partial charge on any atom is 0.234 e. The fraction of sp³-hybridized carbons (Fsp3) is 0.250. The Morgan fingerprint density at radius 3 is 2.73 bits per heavy atom. The van der Waals surface area contributed by atoms with Gasteiger partial charge in [-0.2, -0.15) is 0 Å². The summed E-state index contributed by atoms with van der Waals surface area (Å²) in [5, 5.41) is 11.7. The number of amides is 1. The van der Waals surface area contributed by atoms with Crippen LogP contribution in [0.5, 0.6) is 5.75 Å². The first-order valence-corrected chi connectivity index (χ1v) is 11.8. The van der Waals surface area contributed by atoms with E-state index >= 15 is 0 Å². The van der Waals surface area contributed by atoms with Crippen molar-refractivity contribution in [2.24, 2.45) is 0 Å². The summed E-state index contributed by atoms with van der Waals surface area (Å²) >= 11 is 1.34. The van der Waals surface area contributed by atoms with Crippen LogP contribution in [0.25, 0.3) is 17.1 Å². The number of nitrogens with zero attached hydrogens (tertiary/aromatic N) is 5. The van der Waals surface area contributed by atoms with Gasteiger partial charge in [0.2, 0.25) is 5.91 Å². The molecule has 0 saturated heterocycles. The van der Waals surface area contributed by atoms with Gasteiger partial charge in [-0.05, 0) is 67.8 Å². The quantitative estimate of drug-likeness (QED) is 0.416. The van der Waals surface area contributed by atoms with Gasteiger partial charge in [0.25, 0.3) is 0 Å². The van der Waals surface area contributed by atoms with Crippen molar-refractivity contribution in [1.82, 2.24) is 24.3 Å². The molecule has 0 bridgehead atoms. The molecule has 1 N–H and O–H groups in total. The van der Waals surface area contributed by atoms with Crippen molar-refractivity contribution in [2.45, 2.75) is 31.0 Å². The molecular formula is C24H24N6O2S. The van der Waals surface area contributed by atoms with E-state index in [1.54, 1.807) is 13.4 Å². The van der Waals surface area contributed by atoms with Crippen molar-refractivity contribution in [3.63, 3.8) is 0 Å². The fourth-order valence-electron chi connectivity index (χ4n) is 3.94. The first-order chi connectivity index (χ1) is 16.2. The highest BCUT2D eigenvalue weighted by atomic mass is 32.2. The zero-order valence-electron chi connectivity index (χ0n) is 18.3. The standard InChI is InChI=1S/C24H24N6O2S/c1-32-21-11-9-19(10-12-21)30-16-26-28-24(30)33-15-22(31)27-18-7-5-17(6-8-18)23-25-14-20-4-2-3-13-29(20)23/h5-12,14,16H,2-4,13,15H2,1H3,(H,27,31). The number of aryl methyl sites for hydroxylation is 1. The van der Waals surface area contributed by atoms with Gasteiger partial charge in [0.15, 0.2) is 5.16 Å². The molecule has 1 aliphatic heterocycles. The minimum absolute atomic E-state index is 0.102. The van der Waals surface area contributed by atoms with Crippen LogP contribution < -0.4 is 10.1 Å². The Balaban J connectivity index is 1.20. The third kappa shape index (κ3) is 4.63. The molecule has 0 fully saturated rings. The van der Waals surface area contributed by atoms with Crippen LogP contribution >= 0.6 is 11.8 Å². The van der Waals surface area contributed by atoms with E-state index in [9.17, 15) is 4.79 Å². The van der Waals surface area contributed by atoms with Gasteiger partial charge in [-0.15, -0.1) is 10.2 Å². The average Bonchev–Trinajstić information content (AvgIpc) is 3.51. The largest absolute Gasteiger partial charge is 0.497 e. The number of thioether (sulfide) groups is 1. The number of rotatable bonds is 7. The fourth-order valence-corrected chi connectivity index (χ4v) is 4.67. The van der Waals surface area contributed by atoms with Crippen molar-refractivity contribution < 1.29 is 9.53 Å². The van der Waals surface area contributed by atoms with Crippen LogP contribution in [0, 0.1) is 0 Å². The van der Waals surface area contributed by atoms with E-state index in [1.165, 1.54) is 30.3 Å². The molecule has 1 aliphatic rings. The second kappa shape index (κ2) is 9.50. The third-order valence-corrected chi connectivity index (χ3v) is 6.57. The zero-order chi connectivity index (χ0) is 22.6. The lowest BCUT2D eigenvalue weighted by Gasteiger charge is -2.16. The molecule has 0 saturated carbocycles. The van der Waals surface area contributed by atoms with Crippen molar-refractivity contribution in [2.75, 3.05) is 18.2 Å². The molecule has 0 spiro atoms. The van der Waals surface area contributed by atoms with Gasteiger partial charge in [-0.3, -0.25) is 9.36 Å². The minimum Gasteiger partial charge on any atom is -0.497 e. The van der Waals surface area contributed by atoms with E-state index < -0.39 is 0 Å². The highest BCUT2D eigenvalue weighted by Gasteiger charge is 2.15. The Bertz CT molecular complexity index is 1250. The lowest BCUT2D eigenvalue weighted by Crippen LogP contribution is -2.14.